The van der Waals surface area contributed by atoms with Crippen molar-refractivity contribution < 1.29 is 19.0 Å². The average Bonchev–Trinajstić information content (AvgIpc) is 3.37. The van der Waals surface area contributed by atoms with Crippen LogP contribution in [0.1, 0.15) is 39.2 Å². The number of aryl methyl sites for hydroxylation is 2. The van der Waals surface area contributed by atoms with Crippen molar-refractivity contribution in [3.8, 4) is 5.75 Å². The molecule has 1 heterocycles. The summed E-state index contributed by atoms with van der Waals surface area (Å²) >= 11 is 7.33. The molecule has 5 nitrogen and oxygen atoms in total. The van der Waals surface area contributed by atoms with Gasteiger partial charge in [-0.05, 0) is 96.4 Å². The number of nitrogens with zero attached hydrogens (tertiary/aromatic N) is 2. The Hall–Kier alpha value is -3.55. The first kappa shape index (κ1) is 25.1. The average molecular weight is 535 g/mol. The van der Waals surface area contributed by atoms with Crippen molar-refractivity contribution >= 4 is 35.2 Å². The molecule has 0 amide bonds. The molecule has 1 aliphatic carbocycles. The van der Waals surface area contributed by atoms with Crippen LogP contribution in [-0.4, -0.2) is 16.1 Å². The number of halogens is 2. The van der Waals surface area contributed by atoms with Crippen molar-refractivity contribution in [1.82, 2.24) is 4.98 Å². The fraction of sp³-hybridized carbons (Fsp3) is 0.172. The third-order valence-electron chi connectivity index (χ3n) is 6.19. The number of carboxylic acid groups (broad SMARTS) is 1. The van der Waals surface area contributed by atoms with E-state index in [9.17, 15) is 14.3 Å². The molecule has 188 valence electrons. The van der Waals surface area contributed by atoms with E-state index in [0.29, 0.717) is 17.2 Å². The maximum absolute atomic E-state index is 14.9. The maximum Gasteiger partial charge on any atom is 0.335 e. The van der Waals surface area contributed by atoms with Crippen molar-refractivity contribution in [2.45, 2.75) is 37.3 Å². The number of pyridine rings is 1. The summed E-state index contributed by atoms with van der Waals surface area (Å²) in [5.41, 5.74) is 5.22. The molecule has 1 aromatic heterocycles. The normalized spacial score (nSPS) is 12.3. The van der Waals surface area contributed by atoms with Gasteiger partial charge >= 0.3 is 5.97 Å². The summed E-state index contributed by atoms with van der Waals surface area (Å²) in [6.07, 6.45) is 4.77. The van der Waals surface area contributed by atoms with Gasteiger partial charge in [0.15, 0.2) is 5.82 Å². The van der Waals surface area contributed by atoms with Gasteiger partial charge in [0.25, 0.3) is 0 Å². The minimum Gasteiger partial charge on any atom is -0.487 e. The number of carbonyl (C=O) groups is 1. The van der Waals surface area contributed by atoms with E-state index in [1.165, 1.54) is 29.1 Å². The van der Waals surface area contributed by atoms with Gasteiger partial charge in [-0.2, -0.15) is 0 Å². The highest BCUT2D eigenvalue weighted by molar-refractivity contribution is 8.00. The van der Waals surface area contributed by atoms with Crippen LogP contribution >= 0.6 is 23.5 Å². The van der Waals surface area contributed by atoms with Crippen molar-refractivity contribution in [2.75, 3.05) is 4.31 Å². The summed E-state index contributed by atoms with van der Waals surface area (Å²) < 4.78 is 23.2. The Kier molecular flexibility index (Phi) is 7.63. The van der Waals surface area contributed by atoms with Gasteiger partial charge in [-0.15, -0.1) is 0 Å². The molecule has 1 N–H and O–H groups in total. The number of fused-ring (bicyclic) bond motifs is 1. The molecule has 0 aliphatic heterocycles. The highest BCUT2D eigenvalue weighted by atomic mass is 35.5. The molecular weight excluding hydrogens is 511 g/mol. The quantitative estimate of drug-likeness (QED) is 0.226. The molecule has 0 saturated carbocycles. The van der Waals surface area contributed by atoms with E-state index in [4.69, 9.17) is 16.3 Å². The van der Waals surface area contributed by atoms with Crippen molar-refractivity contribution in [3.63, 3.8) is 0 Å². The van der Waals surface area contributed by atoms with Crippen LogP contribution in [0.2, 0.25) is 5.02 Å². The lowest BCUT2D eigenvalue weighted by Gasteiger charge is -2.26. The molecule has 0 bridgehead atoms. The zero-order valence-electron chi connectivity index (χ0n) is 19.9. The second-order valence-electron chi connectivity index (χ2n) is 8.73. The van der Waals surface area contributed by atoms with Crippen LogP contribution in [0.3, 0.4) is 0 Å². The van der Waals surface area contributed by atoms with Crippen LogP contribution < -0.4 is 9.04 Å². The van der Waals surface area contributed by atoms with Gasteiger partial charge < -0.3 is 14.1 Å². The minimum absolute atomic E-state index is 0.0676. The van der Waals surface area contributed by atoms with Gasteiger partial charge in [0.2, 0.25) is 0 Å². The van der Waals surface area contributed by atoms with Crippen LogP contribution in [0.5, 0.6) is 5.75 Å². The van der Waals surface area contributed by atoms with E-state index in [1.807, 2.05) is 22.5 Å². The number of hydrogen-bond donors (Lipinski definition) is 1. The smallest absolute Gasteiger partial charge is 0.335 e. The molecule has 5 rings (SSSR count). The van der Waals surface area contributed by atoms with E-state index in [0.717, 1.165) is 36.2 Å². The number of hydrogen-bond acceptors (Lipinski definition) is 5. The summed E-state index contributed by atoms with van der Waals surface area (Å²) in [5.74, 6) is -0.764. The maximum atomic E-state index is 14.9. The van der Waals surface area contributed by atoms with Crippen molar-refractivity contribution in [2.24, 2.45) is 0 Å². The van der Waals surface area contributed by atoms with E-state index < -0.39 is 11.8 Å². The Morgan fingerprint density at radius 3 is 2.57 bits per heavy atom. The number of rotatable bonds is 9. The minimum atomic E-state index is -0.969. The highest BCUT2D eigenvalue weighted by Gasteiger charge is 2.22. The fourth-order valence-electron chi connectivity index (χ4n) is 4.28. The predicted octanol–water partition coefficient (Wildman–Crippen LogP) is 7.35. The van der Waals surface area contributed by atoms with Crippen LogP contribution in [0.4, 0.5) is 10.1 Å². The SMILES string of the molecule is O=C(O)c1ccc(COc2cc3c(cc2N(Cc2ccccn2)Sc2cccc(Cl)c2F)CCC3)cc1. The van der Waals surface area contributed by atoms with E-state index in [2.05, 4.69) is 17.1 Å². The van der Waals surface area contributed by atoms with Crippen LogP contribution in [0.15, 0.2) is 83.9 Å². The Morgan fingerprint density at radius 2 is 1.84 bits per heavy atom. The number of benzene rings is 3. The number of aromatic carboxylic acids is 1. The molecule has 1 aliphatic rings. The second kappa shape index (κ2) is 11.2. The Labute approximate surface area is 224 Å². The van der Waals surface area contributed by atoms with Gasteiger partial charge in [-0.1, -0.05) is 35.9 Å². The molecule has 37 heavy (non-hydrogen) atoms. The first-order chi connectivity index (χ1) is 18.0. The zero-order chi connectivity index (χ0) is 25.8. The van der Waals surface area contributed by atoms with Crippen molar-refractivity contribution in [1.29, 1.82) is 0 Å². The zero-order valence-corrected chi connectivity index (χ0v) is 21.4. The van der Waals surface area contributed by atoms with Crippen molar-refractivity contribution in [3.05, 3.63) is 118 Å². The molecule has 0 unspecified atom stereocenters. The van der Waals surface area contributed by atoms with Gasteiger partial charge in [0.05, 0.1) is 33.4 Å². The lowest BCUT2D eigenvalue weighted by atomic mass is 10.1. The Morgan fingerprint density at radius 1 is 1.05 bits per heavy atom. The first-order valence-corrected chi connectivity index (χ1v) is 13.0. The third kappa shape index (κ3) is 5.89. The topological polar surface area (TPSA) is 62.7 Å². The molecule has 3 aromatic carbocycles. The largest absolute Gasteiger partial charge is 0.487 e. The third-order valence-corrected chi connectivity index (χ3v) is 7.54. The van der Waals surface area contributed by atoms with Crippen LogP contribution in [0.25, 0.3) is 0 Å². The van der Waals surface area contributed by atoms with E-state index in [1.54, 1.807) is 42.6 Å². The second-order valence-corrected chi connectivity index (χ2v) is 10.2. The predicted molar refractivity (Wildman–Crippen MR) is 144 cm³/mol. The van der Waals surface area contributed by atoms with Gasteiger partial charge in [0, 0.05) is 6.20 Å². The Balaban J connectivity index is 1.50. The lowest BCUT2D eigenvalue weighted by molar-refractivity contribution is 0.0697. The number of carboxylic acids is 1. The van der Waals surface area contributed by atoms with Crippen LogP contribution in [-0.2, 0) is 26.0 Å². The van der Waals surface area contributed by atoms with Gasteiger partial charge in [-0.25, -0.2) is 9.18 Å². The summed E-state index contributed by atoms with van der Waals surface area (Å²) in [4.78, 5) is 16.1. The molecule has 0 saturated heterocycles. The molecule has 0 fully saturated rings. The first-order valence-electron chi connectivity index (χ1n) is 11.9. The van der Waals surface area contributed by atoms with E-state index >= 15 is 0 Å². The van der Waals surface area contributed by atoms with Crippen LogP contribution in [0, 0.1) is 5.82 Å². The summed E-state index contributed by atoms with van der Waals surface area (Å²) in [6, 6.07) is 21.5. The number of aromatic nitrogens is 1. The summed E-state index contributed by atoms with van der Waals surface area (Å²) in [5, 5.41) is 9.24. The standard InChI is InChI=1S/C29H24ClFN2O3S/c30-24-8-4-9-27(28(24)31)37-33(17-23-7-1-2-14-32-23)25-15-21-5-3-6-22(21)16-26(25)36-18-19-10-12-20(13-11-19)29(34)35/h1-2,4,7-16H,3,5-6,17-18H2,(H,34,35). The van der Waals surface area contributed by atoms with E-state index in [-0.39, 0.29) is 17.2 Å². The molecule has 0 spiro atoms. The van der Waals surface area contributed by atoms with Gasteiger partial charge in [-0.3, -0.25) is 4.98 Å². The fourth-order valence-corrected chi connectivity index (χ4v) is 5.52. The summed E-state index contributed by atoms with van der Waals surface area (Å²) in [6.45, 7) is 0.680. The Bertz CT molecular complexity index is 1420. The number of ether oxygens (including phenoxy) is 1. The molecular formula is C29H24ClFN2O3S. The number of anilines is 1. The summed E-state index contributed by atoms with van der Waals surface area (Å²) in [7, 11) is 0. The monoisotopic (exact) mass is 534 g/mol. The lowest BCUT2D eigenvalue weighted by Crippen LogP contribution is -2.17. The molecule has 8 heteroatoms. The molecule has 4 aromatic rings. The molecule has 0 atom stereocenters. The highest BCUT2D eigenvalue weighted by Crippen LogP contribution is 2.42. The van der Waals surface area contributed by atoms with Gasteiger partial charge in [0.1, 0.15) is 12.4 Å². The molecule has 0 radical (unpaired) electrons.